The average Bonchev–Trinajstić information content (AvgIpc) is 2.33. The zero-order valence-corrected chi connectivity index (χ0v) is 6.47. The number of aromatic nitrogens is 2. The van der Waals surface area contributed by atoms with E-state index >= 15 is 0 Å². The van der Waals surface area contributed by atoms with Crippen molar-refractivity contribution < 1.29 is 0 Å². The number of fused-ring (bicyclic) bond motifs is 1. The summed E-state index contributed by atoms with van der Waals surface area (Å²) in [5, 5.41) is 0. The minimum atomic E-state index is 0. The highest BCUT2D eigenvalue weighted by Gasteiger charge is 1.89. The van der Waals surface area contributed by atoms with Crippen molar-refractivity contribution in [2.24, 2.45) is 0 Å². The number of halogens is 1. The molecule has 2 heterocycles. The van der Waals surface area contributed by atoms with Gasteiger partial charge in [-0.3, -0.25) is 4.79 Å². The molecule has 0 radical (unpaired) electrons. The molecule has 58 valence electrons. The third kappa shape index (κ3) is 1.28. The van der Waals surface area contributed by atoms with E-state index in [9.17, 15) is 4.79 Å². The van der Waals surface area contributed by atoms with Crippen molar-refractivity contribution in [3.63, 3.8) is 0 Å². The van der Waals surface area contributed by atoms with Crippen LogP contribution in [0, 0.1) is 0 Å². The van der Waals surface area contributed by atoms with Gasteiger partial charge in [-0.1, -0.05) is 0 Å². The van der Waals surface area contributed by atoms with Gasteiger partial charge >= 0.3 is 0 Å². The minimum absolute atomic E-state index is 0. The normalized spacial score (nSPS) is 9.45. The Morgan fingerprint density at radius 2 is 2.18 bits per heavy atom. The fourth-order valence-electron chi connectivity index (χ4n) is 0.941. The Hall–Kier alpha value is -1.22. The molecule has 0 aliphatic rings. The quantitative estimate of drug-likeness (QED) is 0.631. The van der Waals surface area contributed by atoms with Crippen LogP contribution in [0.15, 0.2) is 35.5 Å². The number of nitrogens with zero attached hydrogens (tertiary/aromatic N) is 1. The molecule has 4 heteroatoms. The Bertz CT molecular complexity index is 404. The van der Waals surface area contributed by atoms with Crippen molar-refractivity contribution >= 4 is 18.1 Å². The molecule has 3 nitrogen and oxygen atoms in total. The Kier molecular flexibility index (Phi) is 2.01. The number of nitrogens with one attached hydrogen (secondary N) is 1. The molecule has 2 aromatic rings. The van der Waals surface area contributed by atoms with Gasteiger partial charge in [0.1, 0.15) is 5.65 Å². The second-order valence-electron chi connectivity index (χ2n) is 2.12. The zero-order valence-electron chi connectivity index (χ0n) is 5.65. The number of hydrogen-bond donors (Lipinski definition) is 1. The van der Waals surface area contributed by atoms with Crippen LogP contribution in [-0.4, -0.2) is 9.38 Å². The molecule has 2 aromatic heterocycles. The van der Waals surface area contributed by atoms with Crippen LogP contribution in [0.2, 0.25) is 0 Å². The zero-order chi connectivity index (χ0) is 6.97. The first-order chi connectivity index (χ1) is 4.86. The van der Waals surface area contributed by atoms with Crippen molar-refractivity contribution in [1.29, 1.82) is 0 Å². The lowest BCUT2D eigenvalue weighted by atomic mass is 10.5. The van der Waals surface area contributed by atoms with Crippen LogP contribution >= 0.6 is 12.4 Å². The summed E-state index contributed by atoms with van der Waals surface area (Å²) in [6.07, 6.45) is 5.37. The lowest BCUT2D eigenvalue weighted by Gasteiger charge is -1.87. The van der Waals surface area contributed by atoms with Crippen molar-refractivity contribution in [3.05, 3.63) is 40.9 Å². The first-order valence-electron chi connectivity index (χ1n) is 3.02. The van der Waals surface area contributed by atoms with Gasteiger partial charge in [-0.15, -0.1) is 12.4 Å². The molecule has 11 heavy (non-hydrogen) atoms. The predicted octanol–water partition coefficient (Wildman–Crippen LogP) is 1.05. The number of H-pyrrole nitrogens is 1. The molecule has 0 saturated carbocycles. The molecule has 0 aliphatic heterocycles. The summed E-state index contributed by atoms with van der Waals surface area (Å²) in [4.78, 5) is 13.7. The van der Waals surface area contributed by atoms with Crippen molar-refractivity contribution in [3.8, 4) is 0 Å². The maximum Gasteiger partial charge on any atom is 0.183 e. The van der Waals surface area contributed by atoms with Crippen LogP contribution in [0.3, 0.4) is 0 Å². The maximum absolute atomic E-state index is 10.7. The minimum Gasteiger partial charge on any atom is -0.346 e. The number of aromatic amines is 1. The van der Waals surface area contributed by atoms with Crippen LogP contribution in [0.25, 0.3) is 5.65 Å². The number of imidazole rings is 1. The molecule has 0 atom stereocenters. The molecule has 0 amide bonds. The summed E-state index contributed by atoms with van der Waals surface area (Å²) in [6, 6.07) is 3.08. The van der Waals surface area contributed by atoms with Gasteiger partial charge in [-0.05, 0) is 0 Å². The van der Waals surface area contributed by atoms with Gasteiger partial charge in [0.25, 0.3) is 0 Å². The third-order valence-electron chi connectivity index (χ3n) is 1.42. The van der Waals surface area contributed by atoms with E-state index in [1.165, 1.54) is 6.07 Å². The van der Waals surface area contributed by atoms with Crippen LogP contribution in [0.4, 0.5) is 0 Å². The smallest absolute Gasteiger partial charge is 0.183 e. The van der Waals surface area contributed by atoms with Crippen LogP contribution < -0.4 is 5.43 Å². The van der Waals surface area contributed by atoms with Crippen molar-refractivity contribution in [2.75, 3.05) is 0 Å². The van der Waals surface area contributed by atoms with E-state index in [0.29, 0.717) is 0 Å². The average molecular weight is 171 g/mol. The van der Waals surface area contributed by atoms with Gasteiger partial charge in [-0.25, -0.2) is 0 Å². The third-order valence-corrected chi connectivity index (χ3v) is 1.42. The molecule has 0 aromatic carbocycles. The van der Waals surface area contributed by atoms with Crippen LogP contribution in [0.5, 0.6) is 0 Å². The second kappa shape index (κ2) is 2.80. The van der Waals surface area contributed by atoms with Crippen LogP contribution in [-0.2, 0) is 0 Å². The van der Waals surface area contributed by atoms with E-state index in [1.54, 1.807) is 18.5 Å². The molecular weight excluding hydrogens is 164 g/mol. The van der Waals surface area contributed by atoms with Crippen molar-refractivity contribution in [2.45, 2.75) is 0 Å². The number of hydrogen-bond acceptors (Lipinski definition) is 1. The van der Waals surface area contributed by atoms with Gasteiger partial charge in [0.05, 0.1) is 0 Å². The molecule has 0 unspecified atom stereocenters. The SMILES string of the molecule is Cl.O=c1ccn2cc[nH]c2c1. The number of pyridine rings is 1. The summed E-state index contributed by atoms with van der Waals surface area (Å²) < 4.78 is 1.85. The highest BCUT2D eigenvalue weighted by molar-refractivity contribution is 5.85. The Morgan fingerprint density at radius 1 is 1.36 bits per heavy atom. The Morgan fingerprint density at radius 3 is 3.00 bits per heavy atom. The second-order valence-corrected chi connectivity index (χ2v) is 2.12. The lowest BCUT2D eigenvalue weighted by molar-refractivity contribution is 1.18. The Balaban J connectivity index is 0.000000605. The van der Waals surface area contributed by atoms with Gasteiger partial charge in [0.15, 0.2) is 5.43 Å². The summed E-state index contributed by atoms with van der Waals surface area (Å²) in [5.41, 5.74) is 0.856. The summed E-state index contributed by atoms with van der Waals surface area (Å²) in [7, 11) is 0. The molecular formula is C7H7ClN2O. The molecule has 2 rings (SSSR count). The molecule has 0 saturated heterocycles. The molecule has 0 bridgehead atoms. The fourth-order valence-corrected chi connectivity index (χ4v) is 0.941. The van der Waals surface area contributed by atoms with E-state index in [4.69, 9.17) is 0 Å². The predicted molar refractivity (Wildman–Crippen MR) is 45.3 cm³/mol. The van der Waals surface area contributed by atoms with E-state index in [-0.39, 0.29) is 17.8 Å². The summed E-state index contributed by atoms with van der Waals surface area (Å²) >= 11 is 0. The first kappa shape index (κ1) is 7.88. The van der Waals surface area contributed by atoms with E-state index < -0.39 is 0 Å². The summed E-state index contributed by atoms with van der Waals surface area (Å²) in [6.45, 7) is 0. The first-order valence-corrected chi connectivity index (χ1v) is 3.02. The maximum atomic E-state index is 10.7. The monoisotopic (exact) mass is 170 g/mol. The van der Waals surface area contributed by atoms with Gasteiger partial charge in [0, 0.05) is 30.7 Å². The molecule has 1 N–H and O–H groups in total. The van der Waals surface area contributed by atoms with E-state index in [2.05, 4.69) is 4.98 Å². The van der Waals surface area contributed by atoms with Gasteiger partial charge in [0.2, 0.25) is 0 Å². The molecule has 0 fully saturated rings. The summed E-state index contributed by atoms with van der Waals surface area (Å²) in [5.74, 6) is 0. The Labute approximate surface area is 69.1 Å². The largest absolute Gasteiger partial charge is 0.346 e. The topological polar surface area (TPSA) is 37.3 Å². The van der Waals surface area contributed by atoms with E-state index in [0.717, 1.165) is 5.65 Å². The van der Waals surface area contributed by atoms with E-state index in [1.807, 2.05) is 10.6 Å². The van der Waals surface area contributed by atoms with Gasteiger partial charge < -0.3 is 9.38 Å². The van der Waals surface area contributed by atoms with Crippen LogP contribution in [0.1, 0.15) is 0 Å². The number of rotatable bonds is 0. The molecule has 0 spiro atoms. The standard InChI is InChI=1S/C7H6N2O.ClH/c10-6-1-3-9-4-2-8-7(9)5-6;/h1-5,8H;1H. The van der Waals surface area contributed by atoms with Gasteiger partial charge in [-0.2, -0.15) is 0 Å². The highest BCUT2D eigenvalue weighted by Crippen LogP contribution is 1.92. The lowest BCUT2D eigenvalue weighted by Crippen LogP contribution is -1.97. The molecule has 0 aliphatic carbocycles. The highest BCUT2D eigenvalue weighted by atomic mass is 35.5. The van der Waals surface area contributed by atoms with Crippen molar-refractivity contribution in [1.82, 2.24) is 9.38 Å². The fraction of sp³-hybridized carbons (Fsp3) is 0.